The van der Waals surface area contributed by atoms with Crippen LogP contribution in [-0.4, -0.2) is 60.9 Å². The third-order valence-electron chi connectivity index (χ3n) is 3.31. The van der Waals surface area contributed by atoms with E-state index in [-0.39, 0.29) is 11.8 Å². The molecule has 1 aliphatic rings. The van der Waals surface area contributed by atoms with Crippen LogP contribution in [0.4, 0.5) is 0 Å². The maximum Gasteiger partial charge on any atom is 0.252 e. The van der Waals surface area contributed by atoms with Crippen LogP contribution < -0.4 is 5.32 Å². The van der Waals surface area contributed by atoms with E-state index >= 15 is 0 Å². The van der Waals surface area contributed by atoms with Gasteiger partial charge in [-0.05, 0) is 11.4 Å². The normalized spacial score (nSPS) is 16.4. The number of nitrogens with zero attached hydrogens (tertiary/aromatic N) is 2. The Morgan fingerprint density at radius 3 is 2.63 bits per heavy atom. The monoisotopic (exact) mass is 281 g/mol. The lowest BCUT2D eigenvalue weighted by Gasteiger charge is -2.34. The lowest BCUT2D eigenvalue weighted by Crippen LogP contribution is -2.49. The van der Waals surface area contributed by atoms with Gasteiger partial charge < -0.3 is 10.2 Å². The van der Waals surface area contributed by atoms with Gasteiger partial charge in [0.05, 0.1) is 0 Å². The smallest absolute Gasteiger partial charge is 0.252 e. The van der Waals surface area contributed by atoms with Crippen LogP contribution >= 0.6 is 11.3 Å². The molecule has 2 amide bonds. The van der Waals surface area contributed by atoms with Crippen molar-refractivity contribution >= 4 is 23.2 Å². The highest BCUT2D eigenvalue weighted by Gasteiger charge is 2.18. The molecule has 104 valence electrons. The van der Waals surface area contributed by atoms with Gasteiger partial charge in [-0.25, -0.2) is 0 Å². The highest BCUT2D eigenvalue weighted by molar-refractivity contribution is 7.08. The lowest BCUT2D eigenvalue weighted by atomic mass is 10.3. The van der Waals surface area contributed by atoms with Gasteiger partial charge >= 0.3 is 0 Å². The molecule has 1 fully saturated rings. The Hall–Kier alpha value is -1.40. The SMILES string of the molecule is CC(=O)N1CCN(CCNC(=O)c2ccsc2)CC1. The molecule has 2 rings (SSSR count). The third kappa shape index (κ3) is 4.04. The summed E-state index contributed by atoms with van der Waals surface area (Å²) in [6.07, 6.45) is 0. The molecule has 1 aliphatic heterocycles. The molecule has 1 saturated heterocycles. The predicted molar refractivity (Wildman–Crippen MR) is 75.3 cm³/mol. The Morgan fingerprint density at radius 1 is 1.32 bits per heavy atom. The van der Waals surface area contributed by atoms with Crippen molar-refractivity contribution in [3.8, 4) is 0 Å². The molecule has 0 aliphatic carbocycles. The van der Waals surface area contributed by atoms with Gasteiger partial charge in [-0.15, -0.1) is 0 Å². The first-order chi connectivity index (χ1) is 9.16. The molecular formula is C13H19N3O2S. The number of thiophene rings is 1. The van der Waals surface area contributed by atoms with E-state index in [9.17, 15) is 9.59 Å². The van der Waals surface area contributed by atoms with Crippen LogP contribution in [0.2, 0.25) is 0 Å². The van der Waals surface area contributed by atoms with E-state index in [1.54, 1.807) is 6.92 Å². The van der Waals surface area contributed by atoms with Gasteiger partial charge in [-0.2, -0.15) is 11.3 Å². The van der Waals surface area contributed by atoms with E-state index in [0.717, 1.165) is 38.3 Å². The Labute approximate surface area is 117 Å². The number of piperazine rings is 1. The first kappa shape index (κ1) is 14.0. The van der Waals surface area contributed by atoms with E-state index in [2.05, 4.69) is 10.2 Å². The van der Waals surface area contributed by atoms with Gasteiger partial charge in [-0.3, -0.25) is 14.5 Å². The van der Waals surface area contributed by atoms with Crippen LogP contribution in [0.1, 0.15) is 17.3 Å². The van der Waals surface area contributed by atoms with Crippen molar-refractivity contribution in [3.05, 3.63) is 22.4 Å². The highest BCUT2D eigenvalue weighted by Crippen LogP contribution is 2.05. The molecule has 0 atom stereocenters. The van der Waals surface area contributed by atoms with Crippen LogP contribution in [0.25, 0.3) is 0 Å². The van der Waals surface area contributed by atoms with E-state index in [1.807, 2.05) is 21.7 Å². The number of carbonyl (C=O) groups is 2. The molecule has 6 heteroatoms. The fraction of sp³-hybridized carbons (Fsp3) is 0.538. The summed E-state index contributed by atoms with van der Waals surface area (Å²) in [4.78, 5) is 27.0. The van der Waals surface area contributed by atoms with E-state index in [4.69, 9.17) is 0 Å². The number of carbonyl (C=O) groups excluding carboxylic acids is 2. The Morgan fingerprint density at radius 2 is 2.05 bits per heavy atom. The standard InChI is InChI=1S/C13H19N3O2S/c1-11(17)16-7-5-15(6-8-16)4-3-14-13(18)12-2-9-19-10-12/h2,9-10H,3-8H2,1H3,(H,14,18). The third-order valence-corrected chi connectivity index (χ3v) is 4.00. The number of hydrogen-bond donors (Lipinski definition) is 1. The summed E-state index contributed by atoms with van der Waals surface area (Å²) in [5.41, 5.74) is 0.728. The molecule has 0 spiro atoms. The summed E-state index contributed by atoms with van der Waals surface area (Å²) in [7, 11) is 0. The van der Waals surface area contributed by atoms with Crippen LogP contribution in [0.5, 0.6) is 0 Å². The largest absolute Gasteiger partial charge is 0.351 e. The van der Waals surface area contributed by atoms with E-state index < -0.39 is 0 Å². The van der Waals surface area contributed by atoms with Crippen molar-refractivity contribution in [2.45, 2.75) is 6.92 Å². The van der Waals surface area contributed by atoms with Gasteiger partial charge in [0.25, 0.3) is 5.91 Å². The van der Waals surface area contributed by atoms with Crippen molar-refractivity contribution in [1.29, 1.82) is 0 Å². The lowest BCUT2D eigenvalue weighted by molar-refractivity contribution is -0.130. The highest BCUT2D eigenvalue weighted by atomic mass is 32.1. The molecule has 1 aromatic heterocycles. The summed E-state index contributed by atoms with van der Waals surface area (Å²) in [6.45, 7) is 6.43. The molecule has 0 unspecified atom stereocenters. The zero-order chi connectivity index (χ0) is 13.7. The molecule has 0 radical (unpaired) electrons. The zero-order valence-corrected chi connectivity index (χ0v) is 11.9. The van der Waals surface area contributed by atoms with Gasteiger partial charge in [0, 0.05) is 57.1 Å². The average molecular weight is 281 g/mol. The number of nitrogens with one attached hydrogen (secondary N) is 1. The molecule has 2 heterocycles. The molecular weight excluding hydrogens is 262 g/mol. The molecule has 0 aromatic carbocycles. The minimum Gasteiger partial charge on any atom is -0.351 e. The van der Waals surface area contributed by atoms with Gasteiger partial charge in [0.15, 0.2) is 0 Å². The summed E-state index contributed by atoms with van der Waals surface area (Å²) >= 11 is 1.52. The van der Waals surface area contributed by atoms with Crippen LogP contribution in [-0.2, 0) is 4.79 Å². The summed E-state index contributed by atoms with van der Waals surface area (Å²) in [5.74, 6) is 0.133. The van der Waals surface area contributed by atoms with Crippen molar-refractivity contribution in [2.24, 2.45) is 0 Å². The summed E-state index contributed by atoms with van der Waals surface area (Å²) < 4.78 is 0. The first-order valence-electron chi connectivity index (χ1n) is 6.45. The first-order valence-corrected chi connectivity index (χ1v) is 7.39. The van der Waals surface area contributed by atoms with Crippen molar-refractivity contribution in [3.63, 3.8) is 0 Å². The molecule has 0 bridgehead atoms. The van der Waals surface area contributed by atoms with Crippen molar-refractivity contribution in [2.75, 3.05) is 39.3 Å². The Kier molecular flexibility index (Phi) is 4.93. The van der Waals surface area contributed by atoms with Gasteiger partial charge in [-0.1, -0.05) is 0 Å². The number of hydrogen-bond acceptors (Lipinski definition) is 4. The van der Waals surface area contributed by atoms with Crippen LogP contribution in [0.15, 0.2) is 16.8 Å². The Balaban J connectivity index is 1.65. The fourth-order valence-corrected chi connectivity index (χ4v) is 2.75. The van der Waals surface area contributed by atoms with E-state index in [1.165, 1.54) is 11.3 Å². The van der Waals surface area contributed by atoms with Crippen molar-refractivity contribution in [1.82, 2.24) is 15.1 Å². The van der Waals surface area contributed by atoms with Gasteiger partial charge in [0.1, 0.15) is 0 Å². The molecule has 1 N–H and O–H groups in total. The van der Waals surface area contributed by atoms with Gasteiger partial charge in [0.2, 0.25) is 5.91 Å². The van der Waals surface area contributed by atoms with Crippen LogP contribution in [0.3, 0.4) is 0 Å². The van der Waals surface area contributed by atoms with E-state index in [0.29, 0.717) is 6.54 Å². The topological polar surface area (TPSA) is 52.7 Å². The average Bonchev–Trinajstić information content (AvgIpc) is 2.93. The van der Waals surface area contributed by atoms with Crippen molar-refractivity contribution < 1.29 is 9.59 Å². The zero-order valence-electron chi connectivity index (χ0n) is 11.1. The molecule has 19 heavy (non-hydrogen) atoms. The predicted octanol–water partition coefficient (Wildman–Crippen LogP) is 0.642. The maximum absolute atomic E-state index is 11.7. The number of amides is 2. The minimum atomic E-state index is -0.0105. The quantitative estimate of drug-likeness (QED) is 0.881. The molecule has 0 saturated carbocycles. The number of rotatable bonds is 4. The second kappa shape index (κ2) is 6.68. The van der Waals surface area contributed by atoms with Crippen LogP contribution in [0, 0.1) is 0 Å². The second-order valence-corrected chi connectivity index (χ2v) is 5.40. The summed E-state index contributed by atoms with van der Waals surface area (Å²) in [5, 5.41) is 6.66. The molecule has 5 nitrogen and oxygen atoms in total. The minimum absolute atomic E-state index is 0.0105. The molecule has 1 aromatic rings. The maximum atomic E-state index is 11.7. The summed E-state index contributed by atoms with van der Waals surface area (Å²) in [6, 6.07) is 1.83. The Bertz CT molecular complexity index is 425. The fourth-order valence-electron chi connectivity index (χ4n) is 2.11. The second-order valence-electron chi connectivity index (χ2n) is 4.62.